The highest BCUT2D eigenvalue weighted by atomic mass is 32.1. The first kappa shape index (κ1) is 16.6. The van der Waals surface area contributed by atoms with Gasteiger partial charge in [0.05, 0.1) is 13.2 Å². The van der Waals surface area contributed by atoms with Gasteiger partial charge in [0.2, 0.25) is 5.91 Å². The average molecular weight is 317 g/mol. The summed E-state index contributed by atoms with van der Waals surface area (Å²) >= 11 is 1.75. The second-order valence-electron chi connectivity index (χ2n) is 5.36. The van der Waals surface area contributed by atoms with Crippen LogP contribution >= 0.6 is 11.3 Å². The van der Waals surface area contributed by atoms with E-state index in [1.165, 1.54) is 4.88 Å². The topological polar surface area (TPSA) is 29.5 Å². The predicted octanol–water partition coefficient (Wildman–Crippen LogP) is 4.30. The average Bonchev–Trinajstić information content (AvgIpc) is 3.06. The zero-order valence-electron chi connectivity index (χ0n) is 13.4. The van der Waals surface area contributed by atoms with E-state index in [1.54, 1.807) is 18.4 Å². The van der Waals surface area contributed by atoms with Gasteiger partial charge in [0.15, 0.2) is 0 Å². The molecule has 1 aromatic carbocycles. The van der Waals surface area contributed by atoms with Crippen LogP contribution in [0.1, 0.15) is 36.2 Å². The van der Waals surface area contributed by atoms with Gasteiger partial charge in [-0.05, 0) is 37.3 Å². The molecule has 0 aliphatic heterocycles. The fourth-order valence-electron chi connectivity index (χ4n) is 2.48. The van der Waals surface area contributed by atoms with Crippen LogP contribution in [0.25, 0.3) is 0 Å². The van der Waals surface area contributed by atoms with Crippen LogP contribution in [0, 0.1) is 0 Å². The summed E-state index contributed by atoms with van der Waals surface area (Å²) in [5, 5.41) is 2.08. The minimum Gasteiger partial charge on any atom is -0.496 e. The molecule has 3 nitrogen and oxygen atoms in total. The molecule has 22 heavy (non-hydrogen) atoms. The van der Waals surface area contributed by atoms with E-state index >= 15 is 0 Å². The van der Waals surface area contributed by atoms with E-state index < -0.39 is 0 Å². The maximum absolute atomic E-state index is 12.4. The van der Waals surface area contributed by atoms with Crippen LogP contribution in [0.3, 0.4) is 0 Å². The number of aryl methyl sites for hydroxylation is 1. The summed E-state index contributed by atoms with van der Waals surface area (Å²) in [6.07, 6.45) is 2.44. The second-order valence-corrected chi connectivity index (χ2v) is 6.39. The molecule has 0 bridgehead atoms. The lowest BCUT2D eigenvalue weighted by Gasteiger charge is -2.26. The summed E-state index contributed by atoms with van der Waals surface area (Å²) in [5.74, 6) is 1.00. The lowest BCUT2D eigenvalue weighted by Crippen LogP contribution is -2.29. The molecule has 0 aliphatic rings. The first-order valence-corrected chi connectivity index (χ1v) is 8.42. The van der Waals surface area contributed by atoms with Gasteiger partial charge in [0.1, 0.15) is 5.75 Å². The van der Waals surface area contributed by atoms with Gasteiger partial charge in [-0.3, -0.25) is 4.79 Å². The zero-order valence-corrected chi connectivity index (χ0v) is 14.2. The minimum absolute atomic E-state index is 0.00499. The Labute approximate surface area is 136 Å². The molecule has 0 saturated carbocycles. The third-order valence-electron chi connectivity index (χ3n) is 3.96. The molecule has 1 heterocycles. The number of ether oxygens (including phenoxy) is 1. The molecule has 0 fully saturated rings. The molecule has 2 aromatic rings. The van der Waals surface area contributed by atoms with Crippen molar-refractivity contribution in [2.45, 2.75) is 32.2 Å². The van der Waals surface area contributed by atoms with Crippen molar-refractivity contribution in [3.8, 4) is 5.75 Å². The molecule has 0 N–H and O–H groups in total. The van der Waals surface area contributed by atoms with Crippen LogP contribution in [-0.4, -0.2) is 25.0 Å². The lowest BCUT2D eigenvalue weighted by atomic mass is 10.1. The van der Waals surface area contributed by atoms with Gasteiger partial charge in [-0.15, -0.1) is 11.3 Å². The normalized spacial score (nSPS) is 12.0. The van der Waals surface area contributed by atoms with Crippen LogP contribution < -0.4 is 4.74 Å². The van der Waals surface area contributed by atoms with E-state index in [-0.39, 0.29) is 11.9 Å². The van der Waals surface area contributed by atoms with Gasteiger partial charge in [-0.25, -0.2) is 0 Å². The fourth-order valence-corrected chi connectivity index (χ4v) is 3.23. The van der Waals surface area contributed by atoms with E-state index in [0.29, 0.717) is 6.42 Å². The molecule has 1 amide bonds. The van der Waals surface area contributed by atoms with Gasteiger partial charge in [0.25, 0.3) is 0 Å². The molecule has 4 heteroatoms. The number of methoxy groups -OCH3 is 1. The van der Waals surface area contributed by atoms with Crippen molar-refractivity contribution in [3.05, 3.63) is 52.2 Å². The van der Waals surface area contributed by atoms with E-state index in [2.05, 4.69) is 17.5 Å². The predicted molar refractivity (Wildman–Crippen MR) is 91.4 cm³/mol. The van der Waals surface area contributed by atoms with Crippen LogP contribution in [-0.2, 0) is 11.2 Å². The quantitative estimate of drug-likeness (QED) is 0.762. The van der Waals surface area contributed by atoms with E-state index in [9.17, 15) is 4.79 Å². The summed E-state index contributed by atoms with van der Waals surface area (Å²) in [4.78, 5) is 15.5. The SMILES string of the molecule is COc1ccccc1C(C)N(C)C(=O)CCCc1cccs1. The van der Waals surface area contributed by atoms with Gasteiger partial charge in [-0.2, -0.15) is 0 Å². The number of rotatable bonds is 7. The molecule has 1 aromatic heterocycles. The largest absolute Gasteiger partial charge is 0.496 e. The van der Waals surface area contributed by atoms with Crippen molar-refractivity contribution in [2.24, 2.45) is 0 Å². The summed E-state index contributed by atoms with van der Waals surface area (Å²) in [6, 6.07) is 12.0. The smallest absolute Gasteiger partial charge is 0.222 e. The Kier molecular flexibility index (Phi) is 6.01. The molecule has 1 unspecified atom stereocenters. The third-order valence-corrected chi connectivity index (χ3v) is 4.89. The zero-order chi connectivity index (χ0) is 15.9. The highest BCUT2D eigenvalue weighted by Gasteiger charge is 2.19. The van der Waals surface area contributed by atoms with Gasteiger partial charge < -0.3 is 9.64 Å². The molecule has 0 radical (unpaired) electrons. The number of thiophene rings is 1. The first-order chi connectivity index (χ1) is 10.6. The molecular formula is C18H23NO2S. The number of amides is 1. The Morgan fingerprint density at radius 1 is 1.27 bits per heavy atom. The molecule has 0 spiro atoms. The highest BCUT2D eigenvalue weighted by molar-refractivity contribution is 7.09. The standard InChI is InChI=1S/C18H23NO2S/c1-14(16-10-4-5-11-17(16)21-3)19(2)18(20)12-6-8-15-9-7-13-22-15/h4-5,7,9-11,13-14H,6,8,12H2,1-3H3. The Morgan fingerprint density at radius 2 is 2.05 bits per heavy atom. The van der Waals surface area contributed by atoms with E-state index in [1.807, 2.05) is 43.1 Å². The lowest BCUT2D eigenvalue weighted by molar-refractivity contribution is -0.131. The van der Waals surface area contributed by atoms with Gasteiger partial charge in [0, 0.05) is 23.9 Å². The number of nitrogens with zero attached hydrogens (tertiary/aromatic N) is 1. The maximum atomic E-state index is 12.4. The van der Waals surface area contributed by atoms with E-state index in [0.717, 1.165) is 24.2 Å². The first-order valence-electron chi connectivity index (χ1n) is 7.54. The third kappa shape index (κ3) is 4.10. The molecule has 0 saturated heterocycles. The summed E-state index contributed by atoms with van der Waals surface area (Å²) in [6.45, 7) is 2.04. The van der Waals surface area contributed by atoms with Crippen molar-refractivity contribution in [1.29, 1.82) is 0 Å². The Morgan fingerprint density at radius 3 is 2.73 bits per heavy atom. The molecule has 118 valence electrons. The van der Waals surface area contributed by atoms with Crippen LogP contribution in [0.2, 0.25) is 0 Å². The Balaban J connectivity index is 1.91. The molecule has 2 rings (SSSR count). The van der Waals surface area contributed by atoms with Crippen molar-refractivity contribution in [2.75, 3.05) is 14.2 Å². The van der Waals surface area contributed by atoms with Crippen molar-refractivity contribution < 1.29 is 9.53 Å². The van der Waals surface area contributed by atoms with Gasteiger partial charge >= 0.3 is 0 Å². The summed E-state index contributed by atoms with van der Waals surface area (Å²) in [5.41, 5.74) is 1.04. The van der Waals surface area contributed by atoms with Crippen molar-refractivity contribution in [3.63, 3.8) is 0 Å². The number of hydrogen-bond acceptors (Lipinski definition) is 3. The molecule has 1 atom stereocenters. The number of hydrogen-bond donors (Lipinski definition) is 0. The highest BCUT2D eigenvalue weighted by Crippen LogP contribution is 2.28. The van der Waals surface area contributed by atoms with E-state index in [4.69, 9.17) is 4.74 Å². The van der Waals surface area contributed by atoms with Crippen molar-refractivity contribution >= 4 is 17.2 Å². The second kappa shape index (κ2) is 7.99. The maximum Gasteiger partial charge on any atom is 0.222 e. The Hall–Kier alpha value is -1.81. The number of carbonyl (C=O) groups is 1. The van der Waals surface area contributed by atoms with Crippen LogP contribution in [0.4, 0.5) is 0 Å². The monoisotopic (exact) mass is 317 g/mol. The number of carbonyl (C=O) groups excluding carboxylic acids is 1. The number of para-hydroxylation sites is 1. The van der Waals surface area contributed by atoms with Crippen molar-refractivity contribution in [1.82, 2.24) is 4.90 Å². The van der Waals surface area contributed by atoms with Gasteiger partial charge in [-0.1, -0.05) is 24.3 Å². The fraction of sp³-hybridized carbons (Fsp3) is 0.389. The molecular weight excluding hydrogens is 294 g/mol. The van der Waals surface area contributed by atoms with Crippen LogP contribution in [0.5, 0.6) is 5.75 Å². The molecule has 0 aliphatic carbocycles. The van der Waals surface area contributed by atoms with Crippen LogP contribution in [0.15, 0.2) is 41.8 Å². The number of benzene rings is 1. The Bertz CT molecular complexity index is 595. The minimum atomic E-state index is 0.00499. The summed E-state index contributed by atoms with van der Waals surface area (Å²) in [7, 11) is 3.53. The summed E-state index contributed by atoms with van der Waals surface area (Å²) < 4.78 is 5.39.